The minimum Gasteiger partial charge on any atom is -0.338 e. The Morgan fingerprint density at radius 3 is 2.55 bits per heavy atom. The standard InChI is InChI=1S/C21H23BrN8OS2/c1-29-8-10-30(11-9-29)19-25-18(26-20-23-12-16(22)33-20)27-21(28-19)32-15-6-4-14(5-7-15)24-17(31)13-2-3-13/h4-7,12-13H,2-3,8-11H2,1H3,(H,24,31)(H,23,25,26,27,28). The highest BCUT2D eigenvalue weighted by atomic mass is 79.9. The molecule has 0 bridgehead atoms. The number of halogens is 1. The minimum absolute atomic E-state index is 0.106. The van der Waals surface area contributed by atoms with E-state index >= 15 is 0 Å². The van der Waals surface area contributed by atoms with Gasteiger partial charge in [-0.2, -0.15) is 15.0 Å². The number of amides is 1. The van der Waals surface area contributed by atoms with Crippen molar-refractivity contribution in [2.24, 2.45) is 5.92 Å². The molecule has 1 amide bonds. The van der Waals surface area contributed by atoms with E-state index in [4.69, 9.17) is 4.98 Å². The Morgan fingerprint density at radius 1 is 1.12 bits per heavy atom. The van der Waals surface area contributed by atoms with Crippen molar-refractivity contribution in [1.29, 1.82) is 0 Å². The summed E-state index contributed by atoms with van der Waals surface area (Å²) < 4.78 is 0.932. The summed E-state index contributed by atoms with van der Waals surface area (Å²) in [7, 11) is 2.12. The maximum Gasteiger partial charge on any atom is 0.234 e. The van der Waals surface area contributed by atoms with Gasteiger partial charge in [-0.15, -0.1) is 0 Å². The highest BCUT2D eigenvalue weighted by Gasteiger charge is 2.29. The molecule has 5 rings (SSSR count). The molecular weight excluding hydrogens is 524 g/mol. The number of piperazine rings is 1. The summed E-state index contributed by atoms with van der Waals surface area (Å²) in [5.74, 6) is 1.42. The molecule has 0 radical (unpaired) electrons. The highest BCUT2D eigenvalue weighted by Crippen LogP contribution is 2.32. The molecule has 3 aromatic rings. The van der Waals surface area contributed by atoms with Crippen LogP contribution in [0.5, 0.6) is 0 Å². The molecule has 3 heterocycles. The quantitative estimate of drug-likeness (QED) is 0.453. The number of benzene rings is 1. The van der Waals surface area contributed by atoms with Crippen molar-refractivity contribution in [1.82, 2.24) is 24.8 Å². The van der Waals surface area contributed by atoms with E-state index in [9.17, 15) is 4.79 Å². The summed E-state index contributed by atoms with van der Waals surface area (Å²) >= 11 is 6.38. The Balaban J connectivity index is 1.35. The maximum atomic E-state index is 12.0. The van der Waals surface area contributed by atoms with Gasteiger partial charge in [-0.25, -0.2) is 4.98 Å². The average molecular weight is 548 g/mol. The Morgan fingerprint density at radius 2 is 1.88 bits per heavy atom. The van der Waals surface area contributed by atoms with Gasteiger partial charge in [-0.3, -0.25) is 10.1 Å². The van der Waals surface area contributed by atoms with E-state index in [0.29, 0.717) is 22.2 Å². The zero-order chi connectivity index (χ0) is 22.8. The van der Waals surface area contributed by atoms with E-state index in [2.05, 4.69) is 58.4 Å². The van der Waals surface area contributed by atoms with E-state index in [1.54, 1.807) is 6.20 Å². The van der Waals surface area contributed by atoms with Gasteiger partial charge in [-0.05, 0) is 71.8 Å². The molecule has 0 unspecified atom stereocenters. The van der Waals surface area contributed by atoms with Gasteiger partial charge in [0.2, 0.25) is 17.8 Å². The number of thiazole rings is 1. The fraction of sp³-hybridized carbons (Fsp3) is 0.381. The van der Waals surface area contributed by atoms with Crippen LogP contribution < -0.4 is 15.5 Å². The van der Waals surface area contributed by atoms with E-state index in [1.807, 2.05) is 24.3 Å². The highest BCUT2D eigenvalue weighted by molar-refractivity contribution is 9.11. The number of nitrogens with zero attached hydrogens (tertiary/aromatic N) is 6. The second kappa shape index (κ2) is 9.92. The third-order valence-corrected chi connectivity index (χ3v) is 7.63. The molecule has 1 aliphatic carbocycles. The van der Waals surface area contributed by atoms with Gasteiger partial charge in [0.15, 0.2) is 10.3 Å². The molecule has 1 aromatic carbocycles. The number of carbonyl (C=O) groups is 1. The molecule has 2 aliphatic rings. The average Bonchev–Trinajstić information content (AvgIpc) is 3.58. The van der Waals surface area contributed by atoms with Crippen LogP contribution in [-0.4, -0.2) is 64.0 Å². The first kappa shape index (κ1) is 22.5. The normalized spacial score (nSPS) is 16.6. The first-order valence-electron chi connectivity index (χ1n) is 10.7. The first-order valence-corrected chi connectivity index (χ1v) is 13.1. The van der Waals surface area contributed by atoms with Crippen LogP contribution in [0.25, 0.3) is 0 Å². The molecule has 2 N–H and O–H groups in total. The molecule has 2 aromatic heterocycles. The monoisotopic (exact) mass is 546 g/mol. The Kier molecular flexibility index (Phi) is 6.76. The van der Waals surface area contributed by atoms with Crippen molar-refractivity contribution in [2.45, 2.75) is 22.9 Å². The lowest BCUT2D eigenvalue weighted by Gasteiger charge is -2.32. The van der Waals surface area contributed by atoms with Gasteiger partial charge in [-0.1, -0.05) is 11.3 Å². The van der Waals surface area contributed by atoms with Crippen LogP contribution in [0.15, 0.2) is 44.3 Å². The largest absolute Gasteiger partial charge is 0.338 e. The third kappa shape index (κ3) is 5.99. The molecule has 0 spiro atoms. The van der Waals surface area contributed by atoms with Crippen molar-refractivity contribution in [3.63, 3.8) is 0 Å². The predicted molar refractivity (Wildman–Crippen MR) is 135 cm³/mol. The van der Waals surface area contributed by atoms with Gasteiger partial charge in [0.1, 0.15) is 0 Å². The Bertz CT molecular complexity index is 1130. The lowest BCUT2D eigenvalue weighted by Crippen LogP contribution is -2.45. The Labute approximate surface area is 208 Å². The summed E-state index contributed by atoms with van der Waals surface area (Å²) in [5, 5.41) is 7.49. The fourth-order valence-electron chi connectivity index (χ4n) is 3.30. The minimum atomic E-state index is 0.106. The number of carbonyl (C=O) groups excluding carboxylic acids is 1. The summed E-state index contributed by atoms with van der Waals surface area (Å²) in [6.07, 6.45) is 3.72. The molecule has 0 atom stereocenters. The SMILES string of the molecule is CN1CCN(c2nc(Nc3ncc(Br)s3)nc(Sc3ccc(NC(=O)C4CC4)cc3)n2)CC1. The molecule has 1 aliphatic heterocycles. The van der Waals surface area contributed by atoms with Gasteiger partial charge >= 0.3 is 0 Å². The van der Waals surface area contributed by atoms with Crippen LogP contribution in [0.2, 0.25) is 0 Å². The van der Waals surface area contributed by atoms with Crippen molar-refractivity contribution >= 4 is 67.7 Å². The number of rotatable bonds is 7. The lowest BCUT2D eigenvalue weighted by molar-refractivity contribution is -0.117. The van der Waals surface area contributed by atoms with Gasteiger partial charge in [0.05, 0.1) is 9.98 Å². The van der Waals surface area contributed by atoms with E-state index in [-0.39, 0.29) is 11.8 Å². The van der Waals surface area contributed by atoms with Crippen LogP contribution in [0.1, 0.15) is 12.8 Å². The maximum absolute atomic E-state index is 12.0. The third-order valence-electron chi connectivity index (χ3n) is 5.36. The molecular formula is C21H23BrN8OS2. The second-order valence-corrected chi connectivity index (χ2v) is 11.5. The number of aromatic nitrogens is 4. The first-order chi connectivity index (χ1) is 16.0. The molecule has 9 nitrogen and oxygen atoms in total. The Hall–Kier alpha value is -2.28. The number of nitrogens with one attached hydrogen (secondary N) is 2. The van der Waals surface area contributed by atoms with Crippen LogP contribution in [0.3, 0.4) is 0 Å². The number of likely N-dealkylation sites (N-methyl/N-ethyl adjacent to an activating group) is 1. The van der Waals surface area contributed by atoms with Gasteiger partial charge < -0.3 is 15.1 Å². The molecule has 33 heavy (non-hydrogen) atoms. The lowest BCUT2D eigenvalue weighted by atomic mass is 10.3. The molecule has 172 valence electrons. The summed E-state index contributed by atoms with van der Waals surface area (Å²) in [4.78, 5) is 35.8. The van der Waals surface area contributed by atoms with E-state index in [1.165, 1.54) is 23.1 Å². The number of hydrogen-bond acceptors (Lipinski definition) is 10. The number of hydrogen-bond donors (Lipinski definition) is 2. The van der Waals surface area contributed by atoms with Crippen LogP contribution >= 0.6 is 39.0 Å². The van der Waals surface area contributed by atoms with Crippen LogP contribution in [0, 0.1) is 5.92 Å². The van der Waals surface area contributed by atoms with Crippen LogP contribution in [0.4, 0.5) is 22.7 Å². The second-order valence-electron chi connectivity index (χ2n) is 8.02. The van der Waals surface area contributed by atoms with Gasteiger partial charge in [0, 0.05) is 42.7 Å². The van der Waals surface area contributed by atoms with Crippen molar-refractivity contribution in [2.75, 3.05) is 48.8 Å². The van der Waals surface area contributed by atoms with Gasteiger partial charge in [0.25, 0.3) is 0 Å². The molecule has 12 heteroatoms. The van der Waals surface area contributed by atoms with Crippen molar-refractivity contribution in [3.05, 3.63) is 34.2 Å². The summed E-state index contributed by atoms with van der Waals surface area (Å²) in [6.45, 7) is 3.65. The molecule has 1 saturated heterocycles. The van der Waals surface area contributed by atoms with Crippen molar-refractivity contribution in [3.8, 4) is 0 Å². The summed E-state index contributed by atoms with van der Waals surface area (Å²) in [6, 6.07) is 7.77. The molecule has 2 fully saturated rings. The zero-order valence-electron chi connectivity index (χ0n) is 18.0. The summed E-state index contributed by atoms with van der Waals surface area (Å²) in [5.41, 5.74) is 0.807. The van der Waals surface area contributed by atoms with E-state index in [0.717, 1.165) is 53.4 Å². The van der Waals surface area contributed by atoms with E-state index < -0.39 is 0 Å². The topological polar surface area (TPSA) is 99.2 Å². The predicted octanol–water partition coefficient (Wildman–Crippen LogP) is 4.09. The molecule has 1 saturated carbocycles. The van der Waals surface area contributed by atoms with Crippen LogP contribution in [-0.2, 0) is 4.79 Å². The zero-order valence-corrected chi connectivity index (χ0v) is 21.2. The number of anilines is 4. The smallest absolute Gasteiger partial charge is 0.234 e. The van der Waals surface area contributed by atoms with Crippen molar-refractivity contribution < 1.29 is 4.79 Å². The fourth-order valence-corrected chi connectivity index (χ4v) is 5.15.